The number of nitrogens with zero attached hydrogens (tertiary/aromatic N) is 1. The molecular weight excluding hydrogens is 326 g/mol. The molecule has 0 radical (unpaired) electrons. The van der Waals surface area contributed by atoms with Crippen LogP contribution in [0.3, 0.4) is 0 Å². The quantitative estimate of drug-likeness (QED) is 0.627. The average Bonchev–Trinajstić information content (AvgIpc) is 3.06. The van der Waals surface area contributed by atoms with Gasteiger partial charge in [0.2, 0.25) is 0 Å². The molecule has 0 aliphatic heterocycles. The highest BCUT2D eigenvalue weighted by molar-refractivity contribution is 7.80. The molecule has 3 aromatic rings. The van der Waals surface area contributed by atoms with Crippen molar-refractivity contribution in [1.82, 2.24) is 10.3 Å². The number of hydrogen-bond donors (Lipinski definition) is 3. The first-order chi connectivity index (χ1) is 10.1. The molecule has 0 saturated heterocycles. The maximum Gasteiger partial charge on any atom is 0.267 e. The second kappa shape index (κ2) is 5.76. The molecule has 0 spiro atoms. The molecular formula is C13H9N3O2S3. The van der Waals surface area contributed by atoms with Crippen LogP contribution >= 0.6 is 34.9 Å². The van der Waals surface area contributed by atoms with E-state index in [0.717, 1.165) is 10.2 Å². The summed E-state index contributed by atoms with van der Waals surface area (Å²) < 4.78 is 0.838. The van der Waals surface area contributed by atoms with E-state index >= 15 is 0 Å². The number of hydrogen-bond acceptors (Lipinski definition) is 6. The fraction of sp³-hybridized carbons (Fsp3) is 0. The lowest BCUT2D eigenvalue weighted by molar-refractivity contribution is 0.0981. The van der Waals surface area contributed by atoms with Crippen LogP contribution in [0.5, 0.6) is 5.75 Å². The minimum atomic E-state index is -0.249. The number of benzene rings is 1. The molecule has 0 aliphatic rings. The number of carbonyl (C=O) groups excluding carboxylic acids is 1. The summed E-state index contributed by atoms with van der Waals surface area (Å²) in [6.07, 6.45) is 0. The number of aromatic nitrogens is 1. The molecule has 106 valence electrons. The largest absolute Gasteiger partial charge is 0.508 e. The lowest BCUT2D eigenvalue weighted by Gasteiger charge is -2.05. The summed E-state index contributed by atoms with van der Waals surface area (Å²) in [6.45, 7) is 0. The number of phenolic OH excluding ortho intramolecular Hbond substituents is 1. The first-order valence-corrected chi connectivity index (χ1v) is 7.97. The van der Waals surface area contributed by atoms with Gasteiger partial charge in [0, 0.05) is 0 Å². The fourth-order valence-electron chi connectivity index (χ4n) is 1.67. The van der Waals surface area contributed by atoms with E-state index in [2.05, 4.69) is 15.6 Å². The van der Waals surface area contributed by atoms with Gasteiger partial charge in [-0.2, -0.15) is 0 Å². The number of amides is 1. The van der Waals surface area contributed by atoms with E-state index in [-0.39, 0.29) is 16.8 Å². The third-order valence-corrected chi connectivity index (χ3v) is 4.57. The highest BCUT2D eigenvalue weighted by Gasteiger charge is 2.10. The summed E-state index contributed by atoms with van der Waals surface area (Å²) in [7, 11) is 0. The van der Waals surface area contributed by atoms with Gasteiger partial charge in [-0.3, -0.25) is 10.1 Å². The van der Waals surface area contributed by atoms with Gasteiger partial charge in [0.15, 0.2) is 10.2 Å². The number of carbonyl (C=O) groups is 1. The van der Waals surface area contributed by atoms with E-state index in [1.54, 1.807) is 30.3 Å². The Balaban J connectivity index is 1.70. The van der Waals surface area contributed by atoms with Gasteiger partial charge in [0.1, 0.15) is 5.75 Å². The van der Waals surface area contributed by atoms with Crippen LogP contribution in [-0.2, 0) is 0 Å². The van der Waals surface area contributed by atoms with Gasteiger partial charge in [-0.15, -0.1) is 11.3 Å². The van der Waals surface area contributed by atoms with Crippen LogP contribution in [0.1, 0.15) is 9.67 Å². The molecule has 0 bridgehead atoms. The van der Waals surface area contributed by atoms with Crippen LogP contribution in [0.15, 0.2) is 35.7 Å². The number of nitrogens with one attached hydrogen (secondary N) is 2. The number of thiophene rings is 1. The van der Waals surface area contributed by atoms with Crippen LogP contribution < -0.4 is 10.6 Å². The van der Waals surface area contributed by atoms with Gasteiger partial charge in [-0.05, 0) is 41.9 Å². The number of thiazole rings is 1. The Labute approximate surface area is 133 Å². The predicted molar refractivity (Wildman–Crippen MR) is 89.3 cm³/mol. The zero-order valence-corrected chi connectivity index (χ0v) is 12.9. The zero-order valence-electron chi connectivity index (χ0n) is 10.5. The predicted octanol–water partition coefficient (Wildman–Crippen LogP) is 3.19. The maximum absolute atomic E-state index is 11.8. The van der Waals surface area contributed by atoms with Crippen molar-refractivity contribution in [3.63, 3.8) is 0 Å². The van der Waals surface area contributed by atoms with E-state index in [4.69, 9.17) is 12.2 Å². The molecule has 3 rings (SSSR count). The molecule has 5 nitrogen and oxygen atoms in total. The first-order valence-electron chi connectivity index (χ1n) is 5.87. The molecule has 2 heterocycles. The van der Waals surface area contributed by atoms with E-state index in [0.29, 0.717) is 10.0 Å². The average molecular weight is 335 g/mol. The second-order valence-electron chi connectivity index (χ2n) is 4.06. The molecule has 1 aromatic carbocycles. The van der Waals surface area contributed by atoms with Crippen molar-refractivity contribution < 1.29 is 9.90 Å². The highest BCUT2D eigenvalue weighted by Crippen LogP contribution is 2.28. The monoisotopic (exact) mass is 335 g/mol. The number of rotatable bonds is 2. The van der Waals surface area contributed by atoms with Gasteiger partial charge in [-0.25, -0.2) is 4.98 Å². The number of thiocarbonyl (C=S) groups is 1. The van der Waals surface area contributed by atoms with E-state index < -0.39 is 0 Å². The normalized spacial score (nSPS) is 10.5. The standard InChI is InChI=1S/C13H9N3O2S3/c17-7-3-4-8-10(6-7)21-13(14-8)16-12(19)15-11(18)9-2-1-5-20-9/h1-6,17H,(H2,14,15,16,18,19). The fourth-order valence-corrected chi connectivity index (χ4v) is 3.44. The molecule has 0 fully saturated rings. The third kappa shape index (κ3) is 3.18. The molecule has 0 unspecified atom stereocenters. The van der Waals surface area contributed by atoms with Crippen LogP contribution in [0.4, 0.5) is 5.13 Å². The minimum absolute atomic E-state index is 0.186. The molecule has 3 N–H and O–H groups in total. The Morgan fingerprint density at radius 1 is 1.33 bits per heavy atom. The zero-order chi connectivity index (χ0) is 14.8. The van der Waals surface area contributed by atoms with Crippen molar-refractivity contribution in [3.05, 3.63) is 40.6 Å². The summed E-state index contributed by atoms with van der Waals surface area (Å²) in [5, 5.41) is 17.5. The van der Waals surface area contributed by atoms with Crippen molar-refractivity contribution in [3.8, 4) is 5.75 Å². The van der Waals surface area contributed by atoms with Crippen LogP contribution in [-0.4, -0.2) is 21.1 Å². The summed E-state index contributed by atoms with van der Waals surface area (Å²) in [5.41, 5.74) is 0.757. The Bertz CT molecular complexity index is 811. The van der Waals surface area contributed by atoms with Crippen molar-refractivity contribution >= 4 is 61.3 Å². The number of aromatic hydroxyl groups is 1. The molecule has 0 atom stereocenters. The summed E-state index contributed by atoms with van der Waals surface area (Å²) in [4.78, 5) is 16.8. The smallest absolute Gasteiger partial charge is 0.267 e. The summed E-state index contributed by atoms with van der Waals surface area (Å²) in [6, 6.07) is 8.45. The van der Waals surface area contributed by atoms with Crippen molar-refractivity contribution in [2.45, 2.75) is 0 Å². The molecule has 2 aromatic heterocycles. The van der Waals surface area contributed by atoms with Gasteiger partial charge in [0.25, 0.3) is 5.91 Å². The number of fused-ring (bicyclic) bond motifs is 1. The van der Waals surface area contributed by atoms with Gasteiger partial charge >= 0.3 is 0 Å². The van der Waals surface area contributed by atoms with Crippen molar-refractivity contribution in [2.24, 2.45) is 0 Å². The summed E-state index contributed by atoms with van der Waals surface area (Å²) in [5.74, 6) is -0.0625. The van der Waals surface area contributed by atoms with Crippen molar-refractivity contribution in [2.75, 3.05) is 5.32 Å². The Morgan fingerprint density at radius 2 is 2.19 bits per heavy atom. The Kier molecular flexibility index (Phi) is 3.82. The third-order valence-electron chi connectivity index (χ3n) is 2.56. The van der Waals surface area contributed by atoms with E-state index in [9.17, 15) is 9.90 Å². The maximum atomic E-state index is 11.8. The molecule has 0 saturated carbocycles. The first kappa shape index (κ1) is 13.9. The number of phenols is 1. The highest BCUT2D eigenvalue weighted by atomic mass is 32.1. The summed E-state index contributed by atoms with van der Waals surface area (Å²) >= 11 is 7.79. The molecule has 21 heavy (non-hydrogen) atoms. The number of anilines is 1. The van der Waals surface area contributed by atoms with Gasteiger partial charge in [-0.1, -0.05) is 17.4 Å². The van der Waals surface area contributed by atoms with Gasteiger partial charge < -0.3 is 10.4 Å². The van der Waals surface area contributed by atoms with E-state index in [1.165, 1.54) is 22.7 Å². The topological polar surface area (TPSA) is 74.2 Å². The van der Waals surface area contributed by atoms with Crippen molar-refractivity contribution in [1.29, 1.82) is 0 Å². The Morgan fingerprint density at radius 3 is 2.95 bits per heavy atom. The lowest BCUT2D eigenvalue weighted by atomic mass is 10.3. The minimum Gasteiger partial charge on any atom is -0.508 e. The molecule has 0 aliphatic carbocycles. The second-order valence-corrected chi connectivity index (χ2v) is 6.44. The molecule has 8 heteroatoms. The van der Waals surface area contributed by atoms with Crippen LogP contribution in [0.2, 0.25) is 0 Å². The molecule has 1 amide bonds. The SMILES string of the molecule is O=C(NC(=S)Nc1nc2ccc(O)cc2s1)c1cccs1. The Hall–Kier alpha value is -2.03. The lowest BCUT2D eigenvalue weighted by Crippen LogP contribution is -2.33. The van der Waals surface area contributed by atoms with Crippen LogP contribution in [0.25, 0.3) is 10.2 Å². The van der Waals surface area contributed by atoms with E-state index in [1.807, 2.05) is 5.38 Å². The van der Waals surface area contributed by atoms with Gasteiger partial charge in [0.05, 0.1) is 15.1 Å². The van der Waals surface area contributed by atoms with Crippen LogP contribution in [0, 0.1) is 0 Å².